The third kappa shape index (κ3) is 2.77. The van der Waals surface area contributed by atoms with Gasteiger partial charge in [0.1, 0.15) is 15.7 Å². The highest BCUT2D eigenvalue weighted by Crippen LogP contribution is 2.32. The van der Waals surface area contributed by atoms with E-state index in [1.807, 2.05) is 30.3 Å². The number of carbonyl (C=O) groups excluding carboxylic acids is 1. The first kappa shape index (κ1) is 13.3. The van der Waals surface area contributed by atoms with Crippen molar-refractivity contribution >= 4 is 34.7 Å². The van der Waals surface area contributed by atoms with Gasteiger partial charge in [0.05, 0.1) is 11.0 Å². The van der Waals surface area contributed by atoms with Crippen molar-refractivity contribution < 1.29 is 14.1 Å². The molecule has 0 aliphatic carbocycles. The summed E-state index contributed by atoms with van der Waals surface area (Å²) in [5.41, 5.74) is 0.852. The number of thioether (sulfide) groups is 1. The number of benzene rings is 1. The fraction of sp³-hybridized carbons (Fsp3) is 0. The zero-order valence-corrected chi connectivity index (χ0v) is 11.4. The Morgan fingerprint density at radius 2 is 1.95 bits per heavy atom. The van der Waals surface area contributed by atoms with E-state index in [4.69, 9.17) is 4.42 Å². The van der Waals surface area contributed by atoms with Gasteiger partial charge in [-0.15, -0.1) is 0 Å². The number of hydrogen-bond donors (Lipinski definition) is 0. The van der Waals surface area contributed by atoms with Gasteiger partial charge >= 0.3 is 5.88 Å². The van der Waals surface area contributed by atoms with E-state index in [9.17, 15) is 14.9 Å². The molecule has 0 saturated carbocycles. The lowest BCUT2D eigenvalue weighted by atomic mass is 10.2. The first-order valence-electron chi connectivity index (χ1n) is 5.96. The first-order valence-corrected chi connectivity index (χ1v) is 6.77. The molecule has 7 heteroatoms. The molecule has 1 amide bonds. The zero-order valence-electron chi connectivity index (χ0n) is 10.6. The topological polar surface area (TPSA) is 85.7 Å². The van der Waals surface area contributed by atoms with Gasteiger partial charge in [-0.25, -0.2) is 4.99 Å². The third-order valence-corrected chi connectivity index (χ3v) is 3.74. The van der Waals surface area contributed by atoms with Crippen LogP contribution in [0, 0.1) is 10.1 Å². The smallest absolute Gasteiger partial charge is 0.401 e. The van der Waals surface area contributed by atoms with Crippen molar-refractivity contribution in [1.82, 2.24) is 0 Å². The second-order valence-corrected chi connectivity index (χ2v) is 5.16. The monoisotopic (exact) mass is 300 g/mol. The number of nitro groups is 1. The lowest BCUT2D eigenvalue weighted by molar-refractivity contribution is -0.402. The minimum absolute atomic E-state index is 0.252. The molecule has 0 saturated heterocycles. The lowest BCUT2D eigenvalue weighted by Crippen LogP contribution is -1.89. The highest BCUT2D eigenvalue weighted by Gasteiger charge is 2.23. The van der Waals surface area contributed by atoms with Crippen LogP contribution in [-0.4, -0.2) is 15.9 Å². The standard InChI is InChI=1S/C14H8N2O4S/c17-13-11(8-10-6-7-12(20-10)16(18)19)21-14(15-13)9-4-2-1-3-5-9/h1-8H/b11-8-. The Kier molecular flexibility index (Phi) is 3.41. The van der Waals surface area contributed by atoms with Crippen molar-refractivity contribution in [3.8, 4) is 0 Å². The summed E-state index contributed by atoms with van der Waals surface area (Å²) in [7, 11) is 0. The van der Waals surface area contributed by atoms with E-state index in [1.165, 1.54) is 30.0 Å². The van der Waals surface area contributed by atoms with E-state index in [0.717, 1.165) is 5.56 Å². The number of aliphatic imine (C=N–C) groups is 1. The molecule has 104 valence electrons. The fourth-order valence-corrected chi connectivity index (χ4v) is 2.66. The van der Waals surface area contributed by atoms with Crippen molar-refractivity contribution in [3.05, 3.63) is 68.8 Å². The van der Waals surface area contributed by atoms with Gasteiger partial charge in [0.15, 0.2) is 0 Å². The Morgan fingerprint density at radius 3 is 2.62 bits per heavy atom. The molecule has 0 unspecified atom stereocenters. The molecule has 0 atom stereocenters. The van der Waals surface area contributed by atoms with Crippen molar-refractivity contribution in [2.75, 3.05) is 0 Å². The maximum absolute atomic E-state index is 11.9. The summed E-state index contributed by atoms with van der Waals surface area (Å²) in [6.45, 7) is 0. The summed E-state index contributed by atoms with van der Waals surface area (Å²) in [6, 6.07) is 12.0. The zero-order chi connectivity index (χ0) is 14.8. The molecule has 1 aliphatic rings. The van der Waals surface area contributed by atoms with E-state index in [-0.39, 0.29) is 17.6 Å². The molecule has 0 bridgehead atoms. The molecule has 1 aliphatic heterocycles. The van der Waals surface area contributed by atoms with Crippen LogP contribution in [0.2, 0.25) is 0 Å². The van der Waals surface area contributed by atoms with Crippen LogP contribution in [-0.2, 0) is 4.79 Å². The average molecular weight is 300 g/mol. The third-order valence-electron chi connectivity index (χ3n) is 2.71. The molecule has 21 heavy (non-hydrogen) atoms. The maximum atomic E-state index is 11.9. The van der Waals surface area contributed by atoms with Gasteiger partial charge in [0.25, 0.3) is 5.91 Å². The molecular formula is C14H8N2O4S. The van der Waals surface area contributed by atoms with Gasteiger partial charge in [-0.05, 0) is 6.07 Å². The number of furan rings is 1. The molecule has 0 spiro atoms. The lowest BCUT2D eigenvalue weighted by Gasteiger charge is -1.97. The molecule has 2 aromatic rings. The van der Waals surface area contributed by atoms with Crippen LogP contribution in [0.5, 0.6) is 0 Å². The summed E-state index contributed by atoms with van der Waals surface area (Å²) in [4.78, 5) is 26.1. The van der Waals surface area contributed by atoms with E-state index in [1.54, 1.807) is 0 Å². The summed E-state index contributed by atoms with van der Waals surface area (Å²) in [6.07, 6.45) is 1.46. The van der Waals surface area contributed by atoms with Crippen molar-refractivity contribution in [3.63, 3.8) is 0 Å². The van der Waals surface area contributed by atoms with Crippen molar-refractivity contribution in [1.29, 1.82) is 0 Å². The largest absolute Gasteiger partial charge is 0.433 e. The Bertz CT molecular complexity index is 777. The Balaban J connectivity index is 1.84. The molecule has 1 aromatic heterocycles. The van der Waals surface area contributed by atoms with Crippen molar-refractivity contribution in [2.24, 2.45) is 4.99 Å². The Labute approximate surface area is 123 Å². The number of amides is 1. The quantitative estimate of drug-likeness (QED) is 0.493. The van der Waals surface area contributed by atoms with Gasteiger partial charge < -0.3 is 4.42 Å². The molecule has 6 nitrogen and oxygen atoms in total. The maximum Gasteiger partial charge on any atom is 0.433 e. The average Bonchev–Trinajstić information content (AvgIpc) is 3.08. The van der Waals surface area contributed by atoms with Crippen LogP contribution >= 0.6 is 11.8 Å². The van der Waals surface area contributed by atoms with E-state index in [0.29, 0.717) is 9.95 Å². The molecule has 3 rings (SSSR count). The second kappa shape index (κ2) is 5.37. The van der Waals surface area contributed by atoms with Crippen molar-refractivity contribution in [2.45, 2.75) is 0 Å². The highest BCUT2D eigenvalue weighted by molar-refractivity contribution is 8.19. The van der Waals surface area contributed by atoms with Crippen LogP contribution in [0.25, 0.3) is 6.08 Å². The first-order chi connectivity index (χ1) is 10.1. The SMILES string of the molecule is O=C1N=C(c2ccccc2)S/C1=C\c1ccc([N+](=O)[O-])o1. The molecule has 1 aromatic carbocycles. The van der Waals surface area contributed by atoms with Gasteiger partial charge in [0.2, 0.25) is 0 Å². The number of nitrogens with zero attached hydrogens (tertiary/aromatic N) is 2. The molecule has 0 N–H and O–H groups in total. The van der Waals surface area contributed by atoms with E-state index >= 15 is 0 Å². The summed E-state index contributed by atoms with van der Waals surface area (Å²) >= 11 is 1.22. The number of hydrogen-bond acceptors (Lipinski definition) is 5. The number of carbonyl (C=O) groups is 1. The van der Waals surface area contributed by atoms with Crippen LogP contribution in [0.1, 0.15) is 11.3 Å². The van der Waals surface area contributed by atoms with E-state index in [2.05, 4.69) is 4.99 Å². The minimum atomic E-state index is -0.627. The molecule has 0 fully saturated rings. The second-order valence-electron chi connectivity index (χ2n) is 4.13. The van der Waals surface area contributed by atoms with E-state index < -0.39 is 4.92 Å². The number of rotatable bonds is 3. The van der Waals surface area contributed by atoms with Crippen LogP contribution in [0.15, 0.2) is 56.8 Å². The van der Waals surface area contributed by atoms with Gasteiger partial charge in [-0.3, -0.25) is 14.9 Å². The van der Waals surface area contributed by atoms with Crippen LogP contribution in [0.3, 0.4) is 0 Å². The van der Waals surface area contributed by atoms with Gasteiger partial charge in [-0.2, -0.15) is 0 Å². The predicted molar refractivity (Wildman–Crippen MR) is 78.9 cm³/mol. The molecule has 2 heterocycles. The minimum Gasteiger partial charge on any atom is -0.401 e. The molecular weight excluding hydrogens is 292 g/mol. The Hall–Kier alpha value is -2.67. The Morgan fingerprint density at radius 1 is 1.19 bits per heavy atom. The summed E-state index contributed by atoms with van der Waals surface area (Å²) in [5.74, 6) is -0.485. The predicted octanol–water partition coefficient (Wildman–Crippen LogP) is 3.25. The molecule has 0 radical (unpaired) electrons. The summed E-state index contributed by atoms with van der Waals surface area (Å²) < 4.78 is 5.00. The summed E-state index contributed by atoms with van der Waals surface area (Å²) in [5, 5.41) is 11.2. The van der Waals surface area contributed by atoms with Crippen LogP contribution in [0.4, 0.5) is 5.88 Å². The van der Waals surface area contributed by atoms with Gasteiger partial charge in [-0.1, -0.05) is 42.1 Å². The highest BCUT2D eigenvalue weighted by atomic mass is 32.2. The van der Waals surface area contributed by atoms with Crippen LogP contribution < -0.4 is 0 Å². The van der Waals surface area contributed by atoms with Gasteiger partial charge in [0, 0.05) is 11.6 Å². The fourth-order valence-electron chi connectivity index (χ4n) is 1.76. The normalized spacial score (nSPS) is 16.3.